The smallest absolute Gasteiger partial charge is 0.237 e. The van der Waals surface area contributed by atoms with Crippen LogP contribution in [0.2, 0.25) is 0 Å². The first kappa shape index (κ1) is 30.1. The van der Waals surface area contributed by atoms with Crippen molar-refractivity contribution in [3.05, 3.63) is 82.1 Å². The van der Waals surface area contributed by atoms with Gasteiger partial charge in [0, 0.05) is 47.6 Å². The van der Waals surface area contributed by atoms with Crippen LogP contribution in [0.1, 0.15) is 56.9 Å². The molecule has 0 bridgehead atoms. The zero-order valence-electron chi connectivity index (χ0n) is 23.3. The average Bonchev–Trinajstić information content (AvgIpc) is 3.16. The van der Waals surface area contributed by atoms with Gasteiger partial charge in [0.2, 0.25) is 11.6 Å². The lowest BCUT2D eigenvalue weighted by atomic mass is 9.80. The Balaban J connectivity index is 1.90. The van der Waals surface area contributed by atoms with Crippen molar-refractivity contribution in [3.8, 4) is 0 Å². The van der Waals surface area contributed by atoms with E-state index in [4.69, 9.17) is 11.5 Å². The van der Waals surface area contributed by atoms with E-state index in [1.165, 1.54) is 9.48 Å². The normalized spacial score (nSPS) is 19.4. The zero-order chi connectivity index (χ0) is 29.8. The predicted octanol–water partition coefficient (Wildman–Crippen LogP) is 2.61. The fraction of sp³-hybridized carbons (Fsp3) is 0.393. The Hall–Kier alpha value is -2.87. The number of rotatable bonds is 8. The molecule has 4 N–H and O–H groups in total. The van der Waals surface area contributed by atoms with Crippen molar-refractivity contribution in [1.82, 2.24) is 0 Å². The molecular formula is C28H35N4O6S2-. The van der Waals surface area contributed by atoms with Crippen LogP contribution in [0.15, 0.2) is 59.8 Å². The van der Waals surface area contributed by atoms with Gasteiger partial charge in [0.15, 0.2) is 15.8 Å². The van der Waals surface area contributed by atoms with E-state index in [2.05, 4.69) is 0 Å². The second kappa shape index (κ2) is 10.2. The van der Waals surface area contributed by atoms with E-state index in [0.717, 1.165) is 22.3 Å². The molecule has 0 aromatic heterocycles. The van der Waals surface area contributed by atoms with E-state index in [0.29, 0.717) is 41.4 Å². The quantitative estimate of drug-likeness (QED) is 0.348. The number of nitrogens with two attached hydrogens (primary N) is 2. The number of allylic oxidation sites excluding steroid dienone is 4. The van der Waals surface area contributed by atoms with Crippen LogP contribution in [0.5, 0.6) is 0 Å². The van der Waals surface area contributed by atoms with Gasteiger partial charge < -0.3 is 25.5 Å². The number of fused-ring (bicyclic) bond motifs is 2. The highest BCUT2D eigenvalue weighted by Crippen LogP contribution is 2.49. The molecule has 40 heavy (non-hydrogen) atoms. The van der Waals surface area contributed by atoms with E-state index in [9.17, 15) is 25.9 Å². The second-order valence-electron chi connectivity index (χ2n) is 11.4. The molecule has 0 atom stereocenters. The molecule has 0 fully saturated rings. The first-order valence-corrected chi connectivity index (χ1v) is 15.9. The minimum atomic E-state index is -4.63. The SMILES string of the molecule is CC(=CC1=[N+](CS(=O)(=O)[O-])c2ccc(CN)cc2C1(C)C)/C=C1/N(CS(=O)(=O)[O-])c2ccc(CN)cc2C1(C)C. The van der Waals surface area contributed by atoms with Crippen LogP contribution in [0.4, 0.5) is 11.4 Å². The molecule has 0 saturated heterocycles. The molecule has 0 aliphatic carbocycles. The average molecular weight is 588 g/mol. The fourth-order valence-electron chi connectivity index (χ4n) is 5.69. The first-order valence-electron chi connectivity index (χ1n) is 12.8. The summed E-state index contributed by atoms with van der Waals surface area (Å²) in [7, 11) is -9.26. The summed E-state index contributed by atoms with van der Waals surface area (Å²) in [6.45, 7) is 10.2. The maximum atomic E-state index is 11.9. The van der Waals surface area contributed by atoms with Crippen LogP contribution in [0, 0.1) is 0 Å². The summed E-state index contributed by atoms with van der Waals surface area (Å²) in [5, 5.41) is 0. The van der Waals surface area contributed by atoms with E-state index in [1.807, 2.05) is 46.8 Å². The maximum Gasteiger partial charge on any atom is 0.237 e. The summed E-state index contributed by atoms with van der Waals surface area (Å²) in [6.07, 6.45) is 3.60. The largest absolute Gasteiger partial charge is 0.747 e. The van der Waals surface area contributed by atoms with Crippen molar-refractivity contribution in [2.24, 2.45) is 11.5 Å². The fourth-order valence-corrected chi connectivity index (χ4v) is 6.88. The summed E-state index contributed by atoms with van der Waals surface area (Å²) in [5.41, 5.74) is 16.8. The third-order valence-electron chi connectivity index (χ3n) is 7.69. The Morgan fingerprint density at radius 1 is 0.900 bits per heavy atom. The Kier molecular flexibility index (Phi) is 7.67. The van der Waals surface area contributed by atoms with Gasteiger partial charge in [-0.05, 0) is 61.2 Å². The van der Waals surface area contributed by atoms with Gasteiger partial charge >= 0.3 is 0 Å². The Labute approximate surface area is 236 Å². The van der Waals surface area contributed by atoms with Gasteiger partial charge in [-0.1, -0.05) is 32.0 Å². The van der Waals surface area contributed by atoms with Crippen molar-refractivity contribution < 1.29 is 30.5 Å². The van der Waals surface area contributed by atoms with E-state index in [-0.39, 0.29) is 0 Å². The van der Waals surface area contributed by atoms with Crippen molar-refractivity contribution in [3.63, 3.8) is 0 Å². The molecule has 10 nitrogen and oxygen atoms in total. The van der Waals surface area contributed by atoms with Crippen LogP contribution < -0.4 is 16.4 Å². The summed E-state index contributed by atoms with van der Waals surface area (Å²) < 4.78 is 73.0. The molecule has 0 unspecified atom stereocenters. The summed E-state index contributed by atoms with van der Waals surface area (Å²) in [5.74, 6) is -1.50. The molecule has 4 rings (SSSR count). The Bertz CT molecular complexity index is 1690. The lowest BCUT2D eigenvalue weighted by Gasteiger charge is -2.28. The minimum absolute atomic E-state index is 0.305. The second-order valence-corrected chi connectivity index (χ2v) is 14.1. The van der Waals surface area contributed by atoms with Crippen LogP contribution in [-0.2, 0) is 44.2 Å². The molecule has 2 aromatic rings. The number of anilines is 1. The van der Waals surface area contributed by atoms with Crippen molar-refractivity contribution in [2.45, 2.75) is 58.5 Å². The monoisotopic (exact) mass is 587 g/mol. The maximum absolute atomic E-state index is 11.9. The molecule has 0 amide bonds. The van der Waals surface area contributed by atoms with E-state index < -0.39 is 42.8 Å². The number of benzene rings is 2. The molecule has 0 saturated carbocycles. The molecule has 2 aromatic carbocycles. The zero-order valence-corrected chi connectivity index (χ0v) is 24.9. The predicted molar refractivity (Wildman–Crippen MR) is 153 cm³/mol. The van der Waals surface area contributed by atoms with Gasteiger partial charge in [-0.2, -0.15) is 4.58 Å². The summed E-state index contributed by atoms with van der Waals surface area (Å²) >= 11 is 0. The van der Waals surface area contributed by atoms with Crippen LogP contribution >= 0.6 is 0 Å². The third-order valence-corrected chi connectivity index (χ3v) is 8.84. The molecule has 216 valence electrons. The highest BCUT2D eigenvalue weighted by Gasteiger charge is 2.46. The van der Waals surface area contributed by atoms with Crippen LogP contribution in [0.3, 0.4) is 0 Å². The van der Waals surface area contributed by atoms with Gasteiger partial charge in [0.1, 0.15) is 16.0 Å². The highest BCUT2D eigenvalue weighted by atomic mass is 32.2. The topological polar surface area (TPSA) is 173 Å². The van der Waals surface area contributed by atoms with E-state index >= 15 is 0 Å². The lowest BCUT2D eigenvalue weighted by molar-refractivity contribution is -0.416. The molecule has 0 radical (unpaired) electrons. The molecule has 2 heterocycles. The van der Waals surface area contributed by atoms with Crippen LogP contribution in [-0.4, -0.2) is 48.0 Å². The van der Waals surface area contributed by atoms with Gasteiger partial charge in [-0.3, -0.25) is 0 Å². The van der Waals surface area contributed by atoms with Crippen molar-refractivity contribution >= 4 is 37.3 Å². The van der Waals surface area contributed by atoms with Gasteiger partial charge in [0.25, 0.3) is 0 Å². The molecule has 2 aliphatic heterocycles. The standard InChI is InChI=1S/C28H36N4O6S2/c1-18(10-25-27(2,3)21-12-19(14-29)6-8-23(21)31(25)16-39(33,34)35)11-26-28(4,5)22-13-20(15-30)7-9-24(22)32(26)17-40(36,37)38/h6-13H,14-17,29-30H2,1-5H3,(H-,33,34,35,36,37,38)/p-1. The van der Waals surface area contributed by atoms with Gasteiger partial charge in [-0.15, -0.1) is 0 Å². The Morgan fingerprint density at radius 3 is 2.02 bits per heavy atom. The van der Waals surface area contributed by atoms with Gasteiger partial charge in [0.05, 0.1) is 5.41 Å². The summed E-state index contributed by atoms with van der Waals surface area (Å²) in [4.78, 5) is 1.50. The first-order chi connectivity index (χ1) is 18.4. The van der Waals surface area contributed by atoms with Crippen molar-refractivity contribution in [2.75, 3.05) is 16.7 Å². The number of hydrogen-bond donors (Lipinski definition) is 2. The molecule has 12 heteroatoms. The Morgan fingerprint density at radius 2 is 1.48 bits per heavy atom. The molecule has 2 aliphatic rings. The summed E-state index contributed by atoms with van der Waals surface area (Å²) in [6, 6.07) is 11.0. The number of nitrogens with zero attached hydrogens (tertiary/aromatic N) is 2. The van der Waals surface area contributed by atoms with Crippen molar-refractivity contribution in [1.29, 1.82) is 0 Å². The van der Waals surface area contributed by atoms with Gasteiger partial charge in [-0.25, -0.2) is 16.8 Å². The lowest BCUT2D eigenvalue weighted by Crippen LogP contribution is -2.31. The molecule has 0 spiro atoms. The van der Waals surface area contributed by atoms with E-state index in [1.54, 1.807) is 36.4 Å². The minimum Gasteiger partial charge on any atom is -0.747 e. The third kappa shape index (κ3) is 5.65. The highest BCUT2D eigenvalue weighted by molar-refractivity contribution is 7.85. The van der Waals surface area contributed by atoms with Crippen LogP contribution in [0.25, 0.3) is 0 Å². The number of hydrogen-bond acceptors (Lipinski definition) is 9. The molecular weight excluding hydrogens is 552 g/mol.